The highest BCUT2D eigenvalue weighted by molar-refractivity contribution is 7.20. The smallest absolute Gasteiger partial charge is 0.346 e. The van der Waals surface area contributed by atoms with Crippen molar-refractivity contribution in [2.75, 3.05) is 19.7 Å². The van der Waals surface area contributed by atoms with Crippen LogP contribution in [0.5, 0.6) is 11.5 Å². The summed E-state index contributed by atoms with van der Waals surface area (Å²) in [6, 6.07) is 12.1. The molecule has 7 rings (SSSR count). The predicted molar refractivity (Wildman–Crippen MR) is 153 cm³/mol. The van der Waals surface area contributed by atoms with Crippen molar-refractivity contribution in [2.45, 2.75) is 57.1 Å². The van der Waals surface area contributed by atoms with Crippen LogP contribution in [0.2, 0.25) is 5.02 Å². The van der Waals surface area contributed by atoms with Crippen LogP contribution in [0.3, 0.4) is 0 Å². The molecule has 11 heteroatoms. The molecule has 0 saturated carbocycles. The molecule has 3 aliphatic rings. The molecule has 3 aliphatic heterocycles. The first-order chi connectivity index (χ1) is 19.8. The molecule has 2 saturated heterocycles. The minimum absolute atomic E-state index is 0.138. The number of para-hydroxylation sites is 1. The van der Waals surface area contributed by atoms with Gasteiger partial charge >= 0.3 is 5.97 Å². The number of aromatic nitrogens is 2. The summed E-state index contributed by atoms with van der Waals surface area (Å²) in [7, 11) is 0. The Kier molecular flexibility index (Phi) is 6.69. The minimum atomic E-state index is -1.28. The number of halogens is 2. The molecule has 4 aromatic rings. The Labute approximate surface area is 245 Å². The lowest BCUT2D eigenvalue weighted by molar-refractivity contribution is -0.0712. The molecule has 2 atom stereocenters. The summed E-state index contributed by atoms with van der Waals surface area (Å²) in [5.74, 6) is -0.173. The lowest BCUT2D eigenvalue weighted by atomic mass is 9.88. The van der Waals surface area contributed by atoms with Crippen LogP contribution in [0.4, 0.5) is 4.39 Å². The van der Waals surface area contributed by atoms with E-state index in [1.165, 1.54) is 17.4 Å². The van der Waals surface area contributed by atoms with Crippen LogP contribution in [0, 0.1) is 5.82 Å². The van der Waals surface area contributed by atoms with Gasteiger partial charge in [0.15, 0.2) is 11.5 Å². The van der Waals surface area contributed by atoms with Gasteiger partial charge in [-0.1, -0.05) is 23.7 Å². The summed E-state index contributed by atoms with van der Waals surface area (Å²) in [6.07, 6.45) is 2.99. The highest BCUT2D eigenvalue weighted by Gasteiger charge is 2.43. The summed E-state index contributed by atoms with van der Waals surface area (Å²) in [4.78, 5) is 19.8. The van der Waals surface area contributed by atoms with Gasteiger partial charge in [0.2, 0.25) is 0 Å². The van der Waals surface area contributed by atoms with E-state index in [1.54, 1.807) is 25.1 Å². The maximum Gasteiger partial charge on any atom is 0.346 e. The van der Waals surface area contributed by atoms with Crippen molar-refractivity contribution in [3.05, 3.63) is 75.1 Å². The maximum absolute atomic E-state index is 14.8. The average Bonchev–Trinajstić information content (AvgIpc) is 3.57. The molecule has 0 radical (unpaired) electrons. The molecule has 0 spiro atoms. The normalized spacial score (nSPS) is 22.8. The number of hydrogen-bond donors (Lipinski definition) is 1. The lowest BCUT2D eigenvalue weighted by Crippen LogP contribution is -2.35. The van der Waals surface area contributed by atoms with Gasteiger partial charge in [0, 0.05) is 24.1 Å². The maximum atomic E-state index is 14.8. The van der Waals surface area contributed by atoms with Crippen molar-refractivity contribution >= 4 is 39.3 Å². The van der Waals surface area contributed by atoms with E-state index in [9.17, 15) is 14.3 Å². The predicted octanol–water partition coefficient (Wildman–Crippen LogP) is 6.40. The molecule has 2 aromatic heterocycles. The molecular formula is C30H29ClFN3O5S. The van der Waals surface area contributed by atoms with Crippen molar-refractivity contribution in [1.29, 1.82) is 0 Å². The number of likely N-dealkylation sites (tertiary alicyclic amines) is 1. The first-order valence-electron chi connectivity index (χ1n) is 13.8. The Morgan fingerprint density at radius 3 is 2.71 bits per heavy atom. The van der Waals surface area contributed by atoms with Gasteiger partial charge in [-0.25, -0.2) is 14.2 Å². The van der Waals surface area contributed by atoms with Crippen LogP contribution in [0.25, 0.3) is 10.3 Å². The third-order valence-corrected chi connectivity index (χ3v) is 9.58. The standard InChI is InChI=1S/C30H29ClFN3O5S/c1-30(21-6-5-18(31)13-22(21)32)39-24-4-2-3-20(27(24)40-30)17-7-10-34(11-8-17)16-26-33-28-23(14-25(41-28)29(36)37)35(26)15-19-9-12-38-19/h2-6,13-14,17,19H,7-12,15-16H2,1H3,(H,36,37)/t19-,30?/m0/s1. The zero-order valence-electron chi connectivity index (χ0n) is 22.4. The summed E-state index contributed by atoms with van der Waals surface area (Å²) >= 11 is 7.18. The third kappa shape index (κ3) is 4.86. The highest BCUT2D eigenvalue weighted by Crippen LogP contribution is 2.50. The fourth-order valence-corrected chi connectivity index (χ4v) is 7.11. The van der Waals surface area contributed by atoms with Crippen LogP contribution in [-0.2, 0) is 23.6 Å². The number of carboxylic acids is 1. The van der Waals surface area contributed by atoms with E-state index in [0.29, 0.717) is 40.1 Å². The number of piperidine rings is 1. The molecule has 41 heavy (non-hydrogen) atoms. The highest BCUT2D eigenvalue weighted by atomic mass is 35.5. The summed E-state index contributed by atoms with van der Waals surface area (Å²) in [5.41, 5.74) is 2.24. The lowest BCUT2D eigenvalue weighted by Gasteiger charge is -2.33. The summed E-state index contributed by atoms with van der Waals surface area (Å²) in [6.45, 7) is 5.61. The van der Waals surface area contributed by atoms with Crippen LogP contribution in [0.15, 0.2) is 42.5 Å². The monoisotopic (exact) mass is 597 g/mol. The Morgan fingerprint density at radius 2 is 2.00 bits per heavy atom. The minimum Gasteiger partial charge on any atom is -0.477 e. The van der Waals surface area contributed by atoms with Gasteiger partial charge < -0.3 is 23.9 Å². The number of rotatable bonds is 7. The number of carboxylic acid groups (broad SMARTS) is 1. The van der Waals surface area contributed by atoms with E-state index < -0.39 is 17.6 Å². The number of thiophene rings is 1. The molecule has 0 bridgehead atoms. The number of hydrogen-bond acceptors (Lipinski definition) is 7. The third-order valence-electron chi connectivity index (χ3n) is 8.34. The second-order valence-corrected chi connectivity index (χ2v) is 12.5. The van der Waals surface area contributed by atoms with Gasteiger partial charge in [0.05, 0.1) is 30.3 Å². The Balaban J connectivity index is 1.07. The van der Waals surface area contributed by atoms with E-state index in [1.807, 2.05) is 12.1 Å². The van der Waals surface area contributed by atoms with Crippen molar-refractivity contribution in [2.24, 2.45) is 0 Å². The van der Waals surface area contributed by atoms with Crippen LogP contribution in [0.1, 0.15) is 58.7 Å². The van der Waals surface area contributed by atoms with Crippen molar-refractivity contribution in [3.8, 4) is 11.5 Å². The first kappa shape index (κ1) is 26.7. The molecule has 2 fully saturated rings. The van der Waals surface area contributed by atoms with Crippen molar-refractivity contribution in [3.63, 3.8) is 0 Å². The Bertz CT molecular complexity index is 1640. The molecule has 2 aromatic carbocycles. The molecule has 5 heterocycles. The van der Waals surface area contributed by atoms with Gasteiger partial charge in [0.25, 0.3) is 5.79 Å². The van der Waals surface area contributed by atoms with Crippen molar-refractivity contribution in [1.82, 2.24) is 14.5 Å². The molecule has 0 aliphatic carbocycles. The fourth-order valence-electron chi connectivity index (χ4n) is 6.06. The Hall–Kier alpha value is -3.18. The zero-order chi connectivity index (χ0) is 28.3. The number of fused-ring (bicyclic) bond motifs is 2. The second-order valence-electron chi connectivity index (χ2n) is 11.0. The SMILES string of the molecule is CC1(c2ccc(Cl)cc2F)Oc2cccc(C3CCN(Cc4nc5sc(C(=O)O)cc5n4C[C@@H]4CCO4)CC3)c2O1. The van der Waals surface area contributed by atoms with Crippen LogP contribution < -0.4 is 9.47 Å². The fraction of sp³-hybridized carbons (Fsp3) is 0.400. The van der Waals surface area contributed by atoms with Gasteiger partial charge in [-0.2, -0.15) is 0 Å². The molecule has 8 nitrogen and oxygen atoms in total. The van der Waals surface area contributed by atoms with Gasteiger partial charge in [-0.15, -0.1) is 11.3 Å². The number of benzene rings is 2. The van der Waals surface area contributed by atoms with E-state index in [0.717, 1.165) is 60.7 Å². The number of carbonyl (C=O) groups is 1. The number of imidazole rings is 1. The molecular weight excluding hydrogens is 569 g/mol. The van der Waals surface area contributed by atoms with E-state index in [2.05, 4.69) is 15.5 Å². The van der Waals surface area contributed by atoms with Gasteiger partial charge in [-0.3, -0.25) is 4.90 Å². The van der Waals surface area contributed by atoms with E-state index in [4.69, 9.17) is 30.8 Å². The second kappa shape index (κ2) is 10.3. The molecule has 0 amide bonds. The van der Waals surface area contributed by atoms with Crippen molar-refractivity contribution < 1.29 is 28.5 Å². The summed E-state index contributed by atoms with van der Waals surface area (Å²) in [5, 5.41) is 9.77. The number of nitrogens with zero attached hydrogens (tertiary/aromatic N) is 3. The quantitative estimate of drug-likeness (QED) is 0.264. The van der Waals surface area contributed by atoms with E-state index >= 15 is 0 Å². The molecule has 1 unspecified atom stereocenters. The van der Waals surface area contributed by atoms with Gasteiger partial charge in [-0.05, 0) is 68.6 Å². The van der Waals surface area contributed by atoms with E-state index in [-0.39, 0.29) is 12.0 Å². The average molecular weight is 598 g/mol. The largest absolute Gasteiger partial charge is 0.477 e. The molecule has 1 N–H and O–H groups in total. The van der Waals surface area contributed by atoms with Crippen LogP contribution in [-0.4, -0.2) is 51.3 Å². The topological polar surface area (TPSA) is 86.1 Å². The number of ether oxygens (including phenoxy) is 3. The van der Waals surface area contributed by atoms with Crippen LogP contribution >= 0.6 is 22.9 Å². The summed E-state index contributed by atoms with van der Waals surface area (Å²) < 4.78 is 35.1. The first-order valence-corrected chi connectivity index (χ1v) is 15.0. The molecule has 214 valence electrons. The zero-order valence-corrected chi connectivity index (χ0v) is 24.0. The van der Waals surface area contributed by atoms with Gasteiger partial charge in [0.1, 0.15) is 21.3 Å². The Morgan fingerprint density at radius 1 is 1.20 bits per heavy atom. The number of aromatic carboxylic acids is 1.